The summed E-state index contributed by atoms with van der Waals surface area (Å²) in [6.45, 7) is 24.0. The first kappa shape index (κ1) is 54.5. The molecule has 0 bridgehead atoms. The van der Waals surface area contributed by atoms with Gasteiger partial charge in [-0.05, 0) is 45.2 Å². The van der Waals surface area contributed by atoms with Gasteiger partial charge in [0.2, 0.25) is 0 Å². The molecule has 0 atom stereocenters. The van der Waals surface area contributed by atoms with Gasteiger partial charge in [0.15, 0.2) is 0 Å². The van der Waals surface area contributed by atoms with Crippen LogP contribution < -0.4 is 9.47 Å². The molecule has 0 radical (unpaired) electrons. The van der Waals surface area contributed by atoms with Crippen LogP contribution in [0.2, 0.25) is 0 Å². The van der Waals surface area contributed by atoms with Gasteiger partial charge in [-0.25, -0.2) is 19.7 Å². The Balaban J connectivity index is 1.62. The highest BCUT2D eigenvalue weighted by molar-refractivity contribution is 8.24. The number of carbonyl (C=O) groups excluding carboxylic acids is 4. The highest BCUT2D eigenvalue weighted by atomic mass is 32.2. The predicted octanol–water partition coefficient (Wildman–Crippen LogP) is 5.55. The zero-order chi connectivity index (χ0) is 46.1. The molecule has 0 aromatic heterocycles. The van der Waals surface area contributed by atoms with Crippen LogP contribution in [0.15, 0.2) is 50.1 Å². The van der Waals surface area contributed by atoms with E-state index in [9.17, 15) is 24.4 Å². The number of nitrogens with zero attached hydrogens (tertiary/aromatic N) is 2. The Morgan fingerprint density at radius 3 is 1.38 bits per heavy atom. The lowest BCUT2D eigenvalue weighted by atomic mass is 10.2. The first-order valence-electron chi connectivity index (χ1n) is 20.2. The molecule has 2 rings (SSSR count). The van der Waals surface area contributed by atoms with Crippen LogP contribution in [-0.4, -0.2) is 143 Å². The Bertz CT molecular complexity index is 1740. The average Bonchev–Trinajstić information content (AvgIpc) is 3.70. The van der Waals surface area contributed by atoms with Gasteiger partial charge in [-0.2, -0.15) is 0 Å². The van der Waals surface area contributed by atoms with E-state index in [0.29, 0.717) is 102 Å². The number of thioether (sulfide) groups is 2. The van der Waals surface area contributed by atoms with E-state index in [4.69, 9.17) is 63.4 Å². The van der Waals surface area contributed by atoms with Crippen LogP contribution in [0.3, 0.4) is 0 Å². The summed E-state index contributed by atoms with van der Waals surface area (Å²) in [6.07, 6.45) is 1.03. The van der Waals surface area contributed by atoms with E-state index in [2.05, 4.69) is 18.0 Å². The lowest BCUT2D eigenvalue weighted by Crippen LogP contribution is -2.15. The number of rotatable bonds is 36. The molecule has 0 spiro atoms. The van der Waals surface area contributed by atoms with E-state index in [1.54, 1.807) is 13.8 Å². The second-order valence-corrected chi connectivity index (χ2v) is 15.4. The van der Waals surface area contributed by atoms with Crippen molar-refractivity contribution >= 4 is 47.4 Å². The van der Waals surface area contributed by atoms with Crippen molar-refractivity contribution in [2.75, 3.05) is 119 Å². The van der Waals surface area contributed by atoms with Gasteiger partial charge in [0.1, 0.15) is 37.9 Å². The zero-order valence-electron chi connectivity index (χ0n) is 36.3. The average molecular weight is 923 g/mol. The molecular weight excluding hydrogens is 865 g/mol. The molecule has 348 valence electrons. The molecule has 1 aliphatic heterocycles. The van der Waals surface area contributed by atoms with Crippen molar-refractivity contribution in [1.82, 2.24) is 0 Å². The van der Waals surface area contributed by atoms with Gasteiger partial charge in [0.05, 0.1) is 119 Å². The predicted molar refractivity (Wildman–Crippen MR) is 230 cm³/mol. The van der Waals surface area contributed by atoms with Crippen LogP contribution >= 0.6 is 23.5 Å². The summed E-state index contributed by atoms with van der Waals surface area (Å²) in [5.74, 6) is -0.594. The lowest BCUT2D eigenvalue weighted by Gasteiger charge is -2.16. The van der Waals surface area contributed by atoms with Crippen LogP contribution in [0.1, 0.15) is 45.1 Å². The van der Waals surface area contributed by atoms with Crippen LogP contribution in [-0.2, 0) is 66.5 Å². The molecule has 0 fully saturated rings. The van der Waals surface area contributed by atoms with Gasteiger partial charge in [0, 0.05) is 24.0 Å². The molecule has 20 heteroatoms. The quantitative estimate of drug-likeness (QED) is 0.0202. The standard InChI is InChI=1S/C43H58N2O16S2/c1-31(2)41(48)60-27-23-54-19-15-50-13-17-52-21-25-57-36(46)9-7-11-56-35-29-33(5)38(40-39(35)62-43(63-40)34(30-44)45-6)59-12-8-10-37(47)58-26-22-53-18-14-51-16-20-55-24-28-61-42(49)32(3)4/h29H,1,3,7-28H2,2,4-5H3/b43-34+. The maximum Gasteiger partial charge on any atom is 0.333 e. The molecule has 18 nitrogen and oxygen atoms in total. The van der Waals surface area contributed by atoms with Gasteiger partial charge in [0.25, 0.3) is 5.70 Å². The third kappa shape index (κ3) is 24.1. The summed E-state index contributed by atoms with van der Waals surface area (Å²) in [5, 5.41) is 9.53. The fourth-order valence-electron chi connectivity index (χ4n) is 4.70. The van der Waals surface area contributed by atoms with Gasteiger partial charge < -0.3 is 56.8 Å². The number of carbonyl (C=O) groups is 4. The van der Waals surface area contributed by atoms with Gasteiger partial charge in [-0.1, -0.05) is 36.7 Å². The third-order valence-electron chi connectivity index (χ3n) is 7.79. The number of hydrogen-bond acceptors (Lipinski definition) is 19. The Hall–Kier alpha value is -4.64. The number of hydrogen-bond donors (Lipinski definition) is 0. The van der Waals surface area contributed by atoms with Crippen LogP contribution in [0.4, 0.5) is 0 Å². The molecule has 0 aliphatic carbocycles. The van der Waals surface area contributed by atoms with Crippen molar-refractivity contribution < 1.29 is 76.0 Å². The van der Waals surface area contributed by atoms with Crippen molar-refractivity contribution in [1.29, 1.82) is 5.26 Å². The highest BCUT2D eigenvalue weighted by Crippen LogP contribution is 2.59. The minimum absolute atomic E-state index is 0.0432. The van der Waals surface area contributed by atoms with Crippen molar-refractivity contribution in [3.05, 3.63) is 57.3 Å². The Labute approximate surface area is 377 Å². The fraction of sp³-hybridized carbons (Fsp3) is 0.581. The van der Waals surface area contributed by atoms with Crippen LogP contribution in [0, 0.1) is 24.8 Å². The minimum Gasteiger partial charge on any atom is -0.492 e. The molecule has 0 amide bonds. The molecule has 1 aromatic carbocycles. The summed E-state index contributed by atoms with van der Waals surface area (Å²) < 4.78 is 65.4. The molecule has 1 heterocycles. The number of fused-ring (bicyclic) bond motifs is 1. The summed E-state index contributed by atoms with van der Waals surface area (Å²) in [4.78, 5) is 51.9. The normalized spacial score (nSPS) is 12.3. The first-order valence-corrected chi connectivity index (χ1v) is 21.8. The van der Waals surface area contributed by atoms with E-state index in [1.165, 1.54) is 23.5 Å². The second kappa shape index (κ2) is 33.9. The van der Waals surface area contributed by atoms with Crippen LogP contribution in [0.25, 0.3) is 4.85 Å². The number of benzene rings is 1. The maximum atomic E-state index is 12.3. The summed E-state index contributed by atoms with van der Waals surface area (Å²) >= 11 is 2.51. The van der Waals surface area contributed by atoms with E-state index < -0.39 is 23.9 Å². The Morgan fingerprint density at radius 2 is 0.984 bits per heavy atom. The Kier molecular flexibility index (Phi) is 29.3. The number of ether oxygens (including phenoxy) is 12. The number of aryl methyl sites for hydroxylation is 1. The fourth-order valence-corrected chi connectivity index (χ4v) is 7.27. The molecule has 1 aromatic rings. The molecule has 0 unspecified atom stereocenters. The molecule has 0 saturated heterocycles. The van der Waals surface area contributed by atoms with E-state index >= 15 is 0 Å². The molecule has 0 N–H and O–H groups in total. The van der Waals surface area contributed by atoms with Crippen molar-refractivity contribution in [2.24, 2.45) is 0 Å². The SMILES string of the molecule is [C-]#[N+]/C(C#N)=C1\Sc2c(OCCCC(=O)OCCOCCOCCOCCOC(=O)C(=C)C)cc(C)c(OCCCC(=O)OCCOCCOCCOCCOC(=O)C(=C)C)c2S1. The summed E-state index contributed by atoms with van der Waals surface area (Å²) in [5.41, 5.74) is 1.38. The lowest BCUT2D eigenvalue weighted by molar-refractivity contribution is -0.146. The van der Waals surface area contributed by atoms with Gasteiger partial charge >= 0.3 is 23.9 Å². The highest BCUT2D eigenvalue weighted by Gasteiger charge is 2.30. The second-order valence-electron chi connectivity index (χ2n) is 13.1. The topological polar surface area (TPSA) is 207 Å². The molecule has 0 saturated carbocycles. The Morgan fingerprint density at radius 1 is 0.603 bits per heavy atom. The smallest absolute Gasteiger partial charge is 0.333 e. The molecule has 63 heavy (non-hydrogen) atoms. The monoisotopic (exact) mass is 922 g/mol. The van der Waals surface area contributed by atoms with E-state index in [0.717, 1.165) is 5.56 Å². The largest absolute Gasteiger partial charge is 0.492 e. The van der Waals surface area contributed by atoms with Crippen LogP contribution in [0.5, 0.6) is 11.5 Å². The molecule has 1 aliphatic rings. The number of allylic oxidation sites excluding steroid dienone is 1. The maximum absolute atomic E-state index is 12.3. The van der Waals surface area contributed by atoms with Gasteiger partial charge in [-0.15, -0.1) is 0 Å². The van der Waals surface area contributed by atoms with E-state index in [-0.39, 0.29) is 84.6 Å². The minimum atomic E-state index is -0.454. The molecular formula is C43H58N2O16S2. The number of nitriles is 1. The first-order chi connectivity index (χ1) is 30.5. The number of esters is 4. The van der Waals surface area contributed by atoms with Gasteiger partial charge in [-0.3, -0.25) is 9.59 Å². The zero-order valence-corrected chi connectivity index (χ0v) is 37.9. The van der Waals surface area contributed by atoms with Crippen molar-refractivity contribution in [2.45, 2.75) is 56.2 Å². The van der Waals surface area contributed by atoms with Crippen molar-refractivity contribution in [3.63, 3.8) is 0 Å². The van der Waals surface area contributed by atoms with E-state index in [1.807, 2.05) is 19.1 Å². The third-order valence-corrected chi connectivity index (χ3v) is 10.4. The summed E-state index contributed by atoms with van der Waals surface area (Å²) in [7, 11) is 0. The summed E-state index contributed by atoms with van der Waals surface area (Å²) in [6, 6.07) is 3.75. The van der Waals surface area contributed by atoms with Crippen molar-refractivity contribution in [3.8, 4) is 17.6 Å².